The molecule has 0 aliphatic carbocycles. The minimum atomic E-state index is -0.247. The summed E-state index contributed by atoms with van der Waals surface area (Å²) in [5.74, 6) is 0.893. The van der Waals surface area contributed by atoms with Gasteiger partial charge in [-0.15, -0.1) is 0 Å². The van der Waals surface area contributed by atoms with Crippen LogP contribution in [-0.4, -0.2) is 29.0 Å². The Balaban J connectivity index is 1.31. The normalized spacial score (nSPS) is 13.9. The van der Waals surface area contributed by atoms with Crippen molar-refractivity contribution in [2.24, 2.45) is 0 Å². The molecule has 6 heteroatoms. The zero-order valence-electron chi connectivity index (χ0n) is 15.3. The highest BCUT2D eigenvalue weighted by atomic mass is 19.1. The number of amides is 2. The van der Waals surface area contributed by atoms with Crippen molar-refractivity contribution in [2.45, 2.75) is 13.0 Å². The smallest absolute Gasteiger partial charge is 0.318 e. The molecule has 1 aliphatic rings. The lowest BCUT2D eigenvalue weighted by atomic mass is 10.00. The number of nitrogens with one attached hydrogen (secondary N) is 1. The second-order valence-corrected chi connectivity index (χ2v) is 6.58. The van der Waals surface area contributed by atoms with E-state index in [0.29, 0.717) is 24.7 Å². The maximum atomic E-state index is 13.1. The molecule has 2 heterocycles. The summed E-state index contributed by atoms with van der Waals surface area (Å²) < 4.78 is 18.8. The highest BCUT2D eigenvalue weighted by Crippen LogP contribution is 2.23. The lowest BCUT2D eigenvalue weighted by molar-refractivity contribution is 0.201. The number of carbonyl (C=O) groups is 1. The molecule has 28 heavy (non-hydrogen) atoms. The molecule has 1 N–H and O–H groups in total. The van der Waals surface area contributed by atoms with Crippen molar-refractivity contribution in [3.63, 3.8) is 0 Å². The molecule has 4 rings (SSSR count). The molecule has 0 unspecified atom stereocenters. The van der Waals surface area contributed by atoms with Crippen molar-refractivity contribution in [2.75, 3.05) is 13.1 Å². The highest BCUT2D eigenvalue weighted by molar-refractivity contribution is 5.76. The van der Waals surface area contributed by atoms with Gasteiger partial charge in [-0.1, -0.05) is 48.5 Å². The molecular formula is C22H20FN3O2. The van der Waals surface area contributed by atoms with E-state index in [-0.39, 0.29) is 18.4 Å². The van der Waals surface area contributed by atoms with Crippen molar-refractivity contribution in [3.05, 3.63) is 84.1 Å². The summed E-state index contributed by atoms with van der Waals surface area (Å²) in [6.45, 7) is 1.35. The summed E-state index contributed by atoms with van der Waals surface area (Å²) in [7, 11) is 0. The number of hydrogen-bond acceptors (Lipinski definition) is 3. The summed E-state index contributed by atoms with van der Waals surface area (Å²) in [5.41, 5.74) is 3.07. The third kappa shape index (κ3) is 4.11. The Labute approximate surface area is 162 Å². The van der Waals surface area contributed by atoms with Crippen LogP contribution in [0.15, 0.2) is 71.3 Å². The van der Waals surface area contributed by atoms with Gasteiger partial charge < -0.3 is 14.6 Å². The topological polar surface area (TPSA) is 58.4 Å². The first kappa shape index (κ1) is 18.0. The van der Waals surface area contributed by atoms with E-state index in [1.165, 1.54) is 12.1 Å². The van der Waals surface area contributed by atoms with Crippen molar-refractivity contribution in [1.82, 2.24) is 15.2 Å². The van der Waals surface area contributed by atoms with E-state index >= 15 is 0 Å². The summed E-state index contributed by atoms with van der Waals surface area (Å²) >= 11 is 0. The maximum absolute atomic E-state index is 13.1. The quantitative estimate of drug-likeness (QED) is 0.729. The summed E-state index contributed by atoms with van der Waals surface area (Å²) in [6, 6.07) is 16.0. The molecule has 1 aromatic heterocycles. The molecule has 3 aromatic rings. The molecule has 2 aromatic carbocycles. The van der Waals surface area contributed by atoms with Crippen molar-refractivity contribution in [3.8, 4) is 11.3 Å². The molecule has 0 radical (unpaired) electrons. The Morgan fingerprint density at radius 1 is 1.11 bits per heavy atom. The largest absolute Gasteiger partial charge is 0.439 e. The van der Waals surface area contributed by atoms with Gasteiger partial charge in [-0.25, -0.2) is 14.2 Å². The van der Waals surface area contributed by atoms with Gasteiger partial charge in [0.2, 0.25) is 5.89 Å². The van der Waals surface area contributed by atoms with Crippen LogP contribution in [0.3, 0.4) is 0 Å². The number of hydrogen-bond donors (Lipinski definition) is 1. The summed E-state index contributed by atoms with van der Waals surface area (Å²) in [4.78, 5) is 18.4. The van der Waals surface area contributed by atoms with Crippen LogP contribution in [0.25, 0.3) is 16.9 Å². The fourth-order valence-electron chi connectivity index (χ4n) is 3.17. The molecule has 0 fully saturated rings. The van der Waals surface area contributed by atoms with E-state index in [1.54, 1.807) is 23.2 Å². The third-order valence-corrected chi connectivity index (χ3v) is 4.71. The van der Waals surface area contributed by atoms with Crippen LogP contribution in [0.1, 0.15) is 17.9 Å². The Bertz CT molecular complexity index is 981. The van der Waals surface area contributed by atoms with Crippen molar-refractivity contribution >= 4 is 11.6 Å². The average Bonchev–Trinajstić information content (AvgIpc) is 3.22. The highest BCUT2D eigenvalue weighted by Gasteiger charge is 2.18. The SMILES string of the molecule is O=C(NCc1ncc(-c2ccccc2)o1)N1CC=C(c2ccc(F)cc2)CC1. The fraction of sp³-hybridized carbons (Fsp3) is 0.182. The van der Waals surface area contributed by atoms with Crippen LogP contribution in [-0.2, 0) is 6.54 Å². The minimum absolute atomic E-state index is 0.158. The molecule has 2 amide bonds. The second-order valence-electron chi connectivity index (χ2n) is 6.58. The van der Waals surface area contributed by atoms with Crippen LogP contribution in [0.5, 0.6) is 0 Å². The van der Waals surface area contributed by atoms with Gasteiger partial charge in [-0.05, 0) is 29.7 Å². The lowest BCUT2D eigenvalue weighted by Crippen LogP contribution is -2.41. The van der Waals surface area contributed by atoms with Gasteiger partial charge in [-0.2, -0.15) is 0 Å². The van der Waals surface area contributed by atoms with E-state index in [2.05, 4.69) is 10.3 Å². The average molecular weight is 377 g/mol. The van der Waals surface area contributed by atoms with Gasteiger partial charge in [0, 0.05) is 18.7 Å². The molecule has 142 valence electrons. The molecule has 0 saturated carbocycles. The van der Waals surface area contributed by atoms with Gasteiger partial charge in [0.15, 0.2) is 5.76 Å². The molecular weight excluding hydrogens is 357 g/mol. The molecule has 5 nitrogen and oxygen atoms in total. The molecule has 1 aliphatic heterocycles. The van der Waals surface area contributed by atoms with E-state index in [1.807, 2.05) is 36.4 Å². The number of carbonyl (C=O) groups excluding carboxylic acids is 1. The first-order valence-electron chi connectivity index (χ1n) is 9.17. The van der Waals surface area contributed by atoms with Gasteiger partial charge in [0.25, 0.3) is 0 Å². The van der Waals surface area contributed by atoms with Gasteiger partial charge in [0.05, 0.1) is 12.7 Å². The second kappa shape index (κ2) is 8.08. The fourth-order valence-corrected chi connectivity index (χ4v) is 3.17. The van der Waals surface area contributed by atoms with Crippen LogP contribution >= 0.6 is 0 Å². The zero-order chi connectivity index (χ0) is 19.3. The van der Waals surface area contributed by atoms with Crippen LogP contribution < -0.4 is 5.32 Å². The Hall–Kier alpha value is -3.41. The number of nitrogens with zero attached hydrogens (tertiary/aromatic N) is 2. The number of benzene rings is 2. The predicted molar refractivity (Wildman–Crippen MR) is 105 cm³/mol. The van der Waals surface area contributed by atoms with E-state index in [0.717, 1.165) is 23.1 Å². The number of oxazole rings is 1. The number of urea groups is 1. The first-order valence-corrected chi connectivity index (χ1v) is 9.17. The van der Waals surface area contributed by atoms with Crippen molar-refractivity contribution in [1.29, 1.82) is 0 Å². The molecule has 0 saturated heterocycles. The number of halogens is 1. The predicted octanol–water partition coefficient (Wildman–Crippen LogP) is 4.48. The van der Waals surface area contributed by atoms with E-state index < -0.39 is 0 Å². The molecule has 0 atom stereocenters. The summed E-state index contributed by atoms with van der Waals surface area (Å²) in [6.07, 6.45) is 4.40. The number of rotatable bonds is 4. The lowest BCUT2D eigenvalue weighted by Gasteiger charge is -2.26. The first-order chi connectivity index (χ1) is 13.7. The van der Waals surface area contributed by atoms with Crippen LogP contribution in [0.4, 0.5) is 9.18 Å². The molecule has 0 spiro atoms. The van der Waals surface area contributed by atoms with Crippen molar-refractivity contribution < 1.29 is 13.6 Å². The maximum Gasteiger partial charge on any atom is 0.318 e. The van der Waals surface area contributed by atoms with Crippen LogP contribution in [0.2, 0.25) is 0 Å². The van der Waals surface area contributed by atoms with Gasteiger partial charge in [-0.3, -0.25) is 0 Å². The Kier molecular flexibility index (Phi) is 5.19. The molecule has 0 bridgehead atoms. The summed E-state index contributed by atoms with van der Waals surface area (Å²) in [5, 5.41) is 2.85. The standard InChI is InChI=1S/C22H20FN3O2/c23-19-8-6-16(7-9-19)17-10-12-26(13-11-17)22(27)25-15-21-24-14-20(28-21)18-4-2-1-3-5-18/h1-10,14H,11-13,15H2,(H,25,27). The Morgan fingerprint density at radius 2 is 1.89 bits per heavy atom. The monoisotopic (exact) mass is 377 g/mol. The van der Waals surface area contributed by atoms with Crippen LogP contribution in [0, 0.1) is 5.82 Å². The minimum Gasteiger partial charge on any atom is -0.439 e. The third-order valence-electron chi connectivity index (χ3n) is 4.71. The Morgan fingerprint density at radius 3 is 2.61 bits per heavy atom. The number of aromatic nitrogens is 1. The van der Waals surface area contributed by atoms with Gasteiger partial charge >= 0.3 is 6.03 Å². The van der Waals surface area contributed by atoms with E-state index in [4.69, 9.17) is 4.42 Å². The zero-order valence-corrected chi connectivity index (χ0v) is 15.3. The van der Waals surface area contributed by atoms with E-state index in [9.17, 15) is 9.18 Å². The van der Waals surface area contributed by atoms with Gasteiger partial charge in [0.1, 0.15) is 5.82 Å².